The molecule has 1 N–H and O–H groups in total. The fraction of sp³-hybridized carbons (Fsp3) is 0.105. The number of nitrogens with one attached hydrogen (secondary N) is 1. The van der Waals surface area contributed by atoms with E-state index in [0.717, 1.165) is 22.1 Å². The fourth-order valence-electron chi connectivity index (χ4n) is 2.46. The molecule has 126 valence electrons. The van der Waals surface area contributed by atoms with Crippen LogP contribution in [0.3, 0.4) is 0 Å². The fourth-order valence-corrected chi connectivity index (χ4v) is 2.46. The van der Waals surface area contributed by atoms with E-state index in [1.165, 1.54) is 0 Å². The highest BCUT2D eigenvalue weighted by atomic mass is 16.5. The van der Waals surface area contributed by atoms with Crippen LogP contribution in [-0.2, 0) is 0 Å². The molecule has 0 unspecified atom stereocenters. The van der Waals surface area contributed by atoms with Gasteiger partial charge in [-0.05, 0) is 41.1 Å². The Balaban J connectivity index is 1.92. The summed E-state index contributed by atoms with van der Waals surface area (Å²) in [7, 11) is 3.21. The van der Waals surface area contributed by atoms with E-state index in [-0.39, 0.29) is 5.91 Å². The van der Waals surface area contributed by atoms with Gasteiger partial charge in [-0.2, -0.15) is 5.10 Å². The average Bonchev–Trinajstić information content (AvgIpc) is 2.68. The molecule has 0 saturated heterocycles. The number of amides is 1. The van der Waals surface area contributed by atoms with Crippen LogP contribution in [0, 0.1) is 0 Å². The molecule has 3 aromatic rings. The van der Waals surface area contributed by atoms with Crippen molar-refractivity contribution in [3.05, 3.63) is 66.0 Å². The second-order valence-electron chi connectivity index (χ2n) is 5.20. The van der Waals surface area contributed by atoms with E-state index in [2.05, 4.69) is 15.5 Å². The number of fused-ring (bicyclic) bond motifs is 1. The molecule has 0 saturated carbocycles. The Labute approximate surface area is 145 Å². The molecule has 6 nitrogen and oxygen atoms in total. The molecular formula is C19H17N3O3. The third kappa shape index (κ3) is 3.58. The van der Waals surface area contributed by atoms with Gasteiger partial charge in [-0.1, -0.05) is 12.1 Å². The van der Waals surface area contributed by atoms with Crippen LogP contribution in [0.1, 0.15) is 15.9 Å². The Hall–Kier alpha value is -3.41. The zero-order valence-corrected chi connectivity index (χ0v) is 13.9. The van der Waals surface area contributed by atoms with Crippen LogP contribution in [-0.4, -0.2) is 31.3 Å². The summed E-state index contributed by atoms with van der Waals surface area (Å²) >= 11 is 0. The lowest BCUT2D eigenvalue weighted by Gasteiger charge is -2.10. The van der Waals surface area contributed by atoms with Crippen molar-refractivity contribution in [2.45, 2.75) is 0 Å². The van der Waals surface area contributed by atoms with Gasteiger partial charge in [0.1, 0.15) is 11.5 Å². The van der Waals surface area contributed by atoms with Crippen molar-refractivity contribution in [3.8, 4) is 11.5 Å². The number of ether oxygens (including phenoxy) is 2. The number of methoxy groups -OCH3 is 2. The topological polar surface area (TPSA) is 72.8 Å². The lowest BCUT2D eigenvalue weighted by atomic mass is 10.0. The molecule has 1 aromatic heterocycles. The highest BCUT2D eigenvalue weighted by molar-refractivity contribution is 6.03. The Morgan fingerprint density at radius 3 is 2.56 bits per heavy atom. The summed E-state index contributed by atoms with van der Waals surface area (Å²) in [6, 6.07) is 12.8. The van der Waals surface area contributed by atoms with Crippen LogP contribution in [0.4, 0.5) is 0 Å². The van der Waals surface area contributed by atoms with E-state index >= 15 is 0 Å². The Kier molecular flexibility index (Phi) is 4.89. The second-order valence-corrected chi connectivity index (χ2v) is 5.20. The summed E-state index contributed by atoms with van der Waals surface area (Å²) in [5, 5.41) is 6.00. The van der Waals surface area contributed by atoms with E-state index in [4.69, 9.17) is 9.47 Å². The number of nitrogens with zero attached hydrogens (tertiary/aromatic N) is 2. The Morgan fingerprint density at radius 1 is 1.08 bits per heavy atom. The second kappa shape index (κ2) is 7.44. The molecule has 3 rings (SSSR count). The first-order valence-corrected chi connectivity index (χ1v) is 7.61. The maximum atomic E-state index is 12.0. The van der Waals surface area contributed by atoms with Crippen LogP contribution in [0.25, 0.3) is 10.8 Å². The van der Waals surface area contributed by atoms with E-state index in [9.17, 15) is 4.79 Å². The summed E-state index contributed by atoms with van der Waals surface area (Å²) in [4.78, 5) is 15.9. The number of carbonyl (C=O) groups is 1. The molecule has 0 atom stereocenters. The SMILES string of the molecule is COc1ccc2ccc(OC)c(C=NNC(=O)c3ccncc3)c2c1. The van der Waals surface area contributed by atoms with E-state index in [1.807, 2.05) is 30.3 Å². The van der Waals surface area contributed by atoms with Crippen molar-refractivity contribution in [3.63, 3.8) is 0 Å². The van der Waals surface area contributed by atoms with Gasteiger partial charge in [0.25, 0.3) is 5.91 Å². The van der Waals surface area contributed by atoms with E-state index in [1.54, 1.807) is 45.0 Å². The van der Waals surface area contributed by atoms with Crippen molar-refractivity contribution >= 4 is 22.9 Å². The van der Waals surface area contributed by atoms with Gasteiger partial charge in [0.2, 0.25) is 0 Å². The first-order chi connectivity index (χ1) is 12.2. The number of aromatic nitrogens is 1. The van der Waals surface area contributed by atoms with Gasteiger partial charge in [-0.15, -0.1) is 0 Å². The monoisotopic (exact) mass is 335 g/mol. The molecular weight excluding hydrogens is 318 g/mol. The third-order valence-electron chi connectivity index (χ3n) is 3.75. The summed E-state index contributed by atoms with van der Waals surface area (Å²) in [6.07, 6.45) is 4.68. The summed E-state index contributed by atoms with van der Waals surface area (Å²) in [5.74, 6) is 1.08. The lowest BCUT2D eigenvalue weighted by Crippen LogP contribution is -2.17. The normalized spacial score (nSPS) is 10.8. The molecule has 2 aromatic carbocycles. The molecule has 0 aliphatic rings. The molecule has 1 heterocycles. The maximum absolute atomic E-state index is 12.0. The van der Waals surface area contributed by atoms with Crippen LogP contribution in [0.2, 0.25) is 0 Å². The largest absolute Gasteiger partial charge is 0.497 e. The molecule has 1 amide bonds. The van der Waals surface area contributed by atoms with Gasteiger partial charge in [0, 0.05) is 23.5 Å². The minimum absolute atomic E-state index is 0.310. The Morgan fingerprint density at radius 2 is 1.84 bits per heavy atom. The van der Waals surface area contributed by atoms with Crippen molar-refractivity contribution < 1.29 is 14.3 Å². The third-order valence-corrected chi connectivity index (χ3v) is 3.75. The van der Waals surface area contributed by atoms with Gasteiger partial charge in [-0.25, -0.2) is 5.43 Å². The quantitative estimate of drug-likeness (QED) is 0.575. The number of pyridine rings is 1. The molecule has 0 aliphatic carbocycles. The first kappa shape index (κ1) is 16.4. The zero-order chi connectivity index (χ0) is 17.6. The zero-order valence-electron chi connectivity index (χ0n) is 13.9. The molecule has 0 aliphatic heterocycles. The number of hydrogen-bond acceptors (Lipinski definition) is 5. The molecule has 0 bridgehead atoms. The first-order valence-electron chi connectivity index (χ1n) is 7.61. The number of hydrogen-bond donors (Lipinski definition) is 1. The summed E-state index contributed by atoms with van der Waals surface area (Å²) < 4.78 is 10.7. The van der Waals surface area contributed by atoms with E-state index < -0.39 is 0 Å². The molecule has 0 spiro atoms. The summed E-state index contributed by atoms with van der Waals surface area (Å²) in [6.45, 7) is 0. The number of rotatable bonds is 5. The van der Waals surface area contributed by atoms with Crippen LogP contribution in [0.15, 0.2) is 60.0 Å². The standard InChI is InChI=1S/C19H17N3O3/c1-24-15-5-3-13-4-6-18(25-2)17(16(13)11-15)12-21-22-19(23)14-7-9-20-10-8-14/h3-12H,1-2H3,(H,22,23). The van der Waals surface area contributed by atoms with Gasteiger partial charge < -0.3 is 9.47 Å². The van der Waals surface area contributed by atoms with Gasteiger partial charge in [0.05, 0.1) is 20.4 Å². The highest BCUT2D eigenvalue weighted by Gasteiger charge is 2.08. The molecule has 0 fully saturated rings. The summed E-state index contributed by atoms with van der Waals surface area (Å²) in [5.41, 5.74) is 3.75. The highest BCUT2D eigenvalue weighted by Crippen LogP contribution is 2.29. The molecule has 6 heteroatoms. The van der Waals surface area contributed by atoms with Crippen LogP contribution >= 0.6 is 0 Å². The van der Waals surface area contributed by atoms with Gasteiger partial charge in [0.15, 0.2) is 0 Å². The number of hydrazone groups is 1. The predicted molar refractivity (Wildman–Crippen MR) is 96.3 cm³/mol. The van der Waals surface area contributed by atoms with Gasteiger partial charge >= 0.3 is 0 Å². The van der Waals surface area contributed by atoms with Crippen LogP contribution in [0.5, 0.6) is 11.5 Å². The lowest BCUT2D eigenvalue weighted by molar-refractivity contribution is 0.0955. The predicted octanol–water partition coefficient (Wildman–Crippen LogP) is 3.02. The maximum Gasteiger partial charge on any atom is 0.271 e. The molecule has 0 radical (unpaired) electrons. The van der Waals surface area contributed by atoms with E-state index in [0.29, 0.717) is 11.3 Å². The van der Waals surface area contributed by atoms with Crippen molar-refractivity contribution in [2.24, 2.45) is 5.10 Å². The smallest absolute Gasteiger partial charge is 0.271 e. The Bertz CT molecular complexity index is 919. The van der Waals surface area contributed by atoms with Crippen molar-refractivity contribution in [1.29, 1.82) is 0 Å². The molecule has 25 heavy (non-hydrogen) atoms. The minimum atomic E-state index is -0.310. The average molecular weight is 335 g/mol. The minimum Gasteiger partial charge on any atom is -0.497 e. The van der Waals surface area contributed by atoms with Crippen molar-refractivity contribution in [2.75, 3.05) is 14.2 Å². The number of benzene rings is 2. The van der Waals surface area contributed by atoms with Crippen molar-refractivity contribution in [1.82, 2.24) is 10.4 Å². The van der Waals surface area contributed by atoms with Crippen LogP contribution < -0.4 is 14.9 Å². The van der Waals surface area contributed by atoms with Gasteiger partial charge in [-0.3, -0.25) is 9.78 Å². The number of carbonyl (C=O) groups excluding carboxylic acids is 1.